The van der Waals surface area contributed by atoms with E-state index in [0.29, 0.717) is 5.52 Å². The van der Waals surface area contributed by atoms with E-state index in [1.807, 2.05) is 6.07 Å². The third-order valence-electron chi connectivity index (χ3n) is 6.53. The summed E-state index contributed by atoms with van der Waals surface area (Å²) in [5, 5.41) is 12.6. The lowest BCUT2D eigenvalue weighted by Gasteiger charge is -2.13. The molecule has 3 N–H and O–H groups in total. The second-order valence-corrected chi connectivity index (χ2v) is 9.42. The summed E-state index contributed by atoms with van der Waals surface area (Å²) in [4.78, 5) is 23.5. The second-order valence-electron chi connectivity index (χ2n) is 9.42. The van der Waals surface area contributed by atoms with Crippen LogP contribution in [0.3, 0.4) is 0 Å². The number of hydrogen-bond acceptors (Lipinski definition) is 7. The molecular formula is C30H21F4N7O2. The predicted octanol–water partition coefficient (Wildman–Crippen LogP) is 6.67. The first-order valence-corrected chi connectivity index (χ1v) is 12.5. The molecule has 0 aliphatic carbocycles. The fraction of sp³-hybridized carbons (Fsp3) is 0.100. The van der Waals surface area contributed by atoms with E-state index in [2.05, 4.69) is 26.8 Å². The molecule has 0 aliphatic rings. The zero-order valence-electron chi connectivity index (χ0n) is 22.6. The van der Waals surface area contributed by atoms with E-state index in [-0.39, 0.29) is 56.2 Å². The van der Waals surface area contributed by atoms with E-state index in [0.717, 1.165) is 24.4 Å². The van der Waals surface area contributed by atoms with Gasteiger partial charge in [-0.15, -0.1) is 0 Å². The number of aromatic nitrogens is 4. The third kappa shape index (κ3) is 5.33. The number of nitrogens with two attached hydrogens (primary N) is 1. The maximum atomic E-state index is 15.7. The van der Waals surface area contributed by atoms with E-state index in [1.54, 1.807) is 11.6 Å². The third-order valence-corrected chi connectivity index (χ3v) is 6.53. The summed E-state index contributed by atoms with van der Waals surface area (Å²) < 4.78 is 64.1. The Bertz CT molecular complexity index is 1980. The number of carbonyl (C=O) groups excluding carboxylic acids is 1. The van der Waals surface area contributed by atoms with Gasteiger partial charge in [0.15, 0.2) is 11.6 Å². The number of ether oxygens (including phenoxy) is 1. The number of nitriles is 1. The minimum atomic E-state index is -2.88. The van der Waals surface area contributed by atoms with Crippen LogP contribution in [0.15, 0.2) is 67.0 Å². The van der Waals surface area contributed by atoms with Gasteiger partial charge in [-0.3, -0.25) is 4.79 Å². The number of nitrogens with one attached hydrogen (secondary N) is 1. The van der Waals surface area contributed by atoms with Gasteiger partial charge in [0.1, 0.15) is 23.4 Å². The average Bonchev–Trinajstić information content (AvgIpc) is 3.28. The lowest BCUT2D eigenvalue weighted by molar-refractivity contribution is -0.112. The number of fused-ring (bicyclic) bond motifs is 1. The van der Waals surface area contributed by atoms with Crippen LogP contribution in [0.1, 0.15) is 24.6 Å². The number of nitrogens with zero attached hydrogens (tertiary/aromatic N) is 5. The molecule has 3 aromatic heterocycles. The van der Waals surface area contributed by atoms with Gasteiger partial charge in [-0.25, -0.2) is 27.5 Å². The molecular weight excluding hydrogens is 566 g/mol. The molecule has 9 nitrogen and oxygen atoms in total. The highest BCUT2D eigenvalue weighted by atomic mass is 19.3. The Labute approximate surface area is 241 Å². The Balaban J connectivity index is 1.68. The maximum Gasteiger partial charge on any atom is 0.322 e. The van der Waals surface area contributed by atoms with Gasteiger partial charge in [-0.05, 0) is 48.9 Å². The predicted molar refractivity (Wildman–Crippen MR) is 151 cm³/mol. The van der Waals surface area contributed by atoms with E-state index >= 15 is 8.78 Å². The Kier molecular flexibility index (Phi) is 7.52. The fourth-order valence-corrected chi connectivity index (χ4v) is 4.57. The van der Waals surface area contributed by atoms with E-state index in [1.165, 1.54) is 37.4 Å². The van der Waals surface area contributed by atoms with Crippen molar-refractivity contribution in [3.8, 4) is 40.2 Å². The SMILES string of the molecule is C=C(C)C(=O)Nc1ccc(-c2c(-c3ccc(Oc4nccc(C(F)F)n4)c(F)c3)c3c(N)ncc(C#N)c3n2C)c(F)c1. The van der Waals surface area contributed by atoms with Gasteiger partial charge in [0.05, 0.1) is 22.2 Å². The molecule has 5 aromatic rings. The van der Waals surface area contributed by atoms with E-state index in [4.69, 9.17) is 10.5 Å². The largest absolute Gasteiger partial charge is 0.421 e. The summed E-state index contributed by atoms with van der Waals surface area (Å²) in [7, 11) is 1.60. The number of carbonyl (C=O) groups is 1. The van der Waals surface area contributed by atoms with E-state index < -0.39 is 35.7 Å². The van der Waals surface area contributed by atoms with Gasteiger partial charge in [-0.1, -0.05) is 12.6 Å². The summed E-state index contributed by atoms with van der Waals surface area (Å²) in [5.74, 6) is -2.47. The number of amides is 1. The summed E-state index contributed by atoms with van der Waals surface area (Å²) in [5.41, 5.74) is 7.32. The van der Waals surface area contributed by atoms with Crippen molar-refractivity contribution < 1.29 is 27.1 Å². The molecule has 0 bridgehead atoms. The summed E-state index contributed by atoms with van der Waals surface area (Å²) >= 11 is 0. The van der Waals surface area contributed by atoms with Crippen LogP contribution in [-0.2, 0) is 11.8 Å². The standard InChI is InChI=1S/C30H21F4N7O2/c1-14(2)29(42)39-17-5-6-18(19(31)11-17)26-23(24-25(41(26)3)16(12-35)13-38-28(24)36)15-4-7-22(20(32)10-15)43-30-37-9-8-21(40-30)27(33)34/h4-11,13,27H,1H2,2-3H3,(H2,36,38)(H,39,42). The van der Waals surface area contributed by atoms with Crippen molar-refractivity contribution in [1.82, 2.24) is 19.5 Å². The van der Waals surface area contributed by atoms with Crippen LogP contribution in [0, 0.1) is 23.0 Å². The Morgan fingerprint density at radius 3 is 2.56 bits per heavy atom. The van der Waals surface area contributed by atoms with Crippen molar-refractivity contribution in [3.63, 3.8) is 0 Å². The minimum Gasteiger partial charge on any atom is -0.421 e. The molecule has 0 unspecified atom stereocenters. The number of nitrogen functional groups attached to an aromatic ring is 1. The van der Waals surface area contributed by atoms with Crippen LogP contribution in [0.5, 0.6) is 11.8 Å². The molecule has 0 aliphatic heterocycles. The monoisotopic (exact) mass is 587 g/mol. The number of hydrogen-bond donors (Lipinski definition) is 2. The summed E-state index contributed by atoms with van der Waals surface area (Å²) in [6, 6.07) is 10.4. The lowest BCUT2D eigenvalue weighted by Crippen LogP contribution is -2.12. The number of benzene rings is 2. The van der Waals surface area contributed by atoms with Crippen LogP contribution < -0.4 is 15.8 Å². The Morgan fingerprint density at radius 1 is 1.14 bits per heavy atom. The molecule has 0 spiro atoms. The number of pyridine rings is 1. The quantitative estimate of drug-likeness (QED) is 0.160. The molecule has 2 aromatic carbocycles. The number of anilines is 2. The molecule has 0 atom stereocenters. The van der Waals surface area contributed by atoms with Gasteiger partial charge in [0, 0.05) is 41.8 Å². The topological polar surface area (TPSA) is 132 Å². The fourth-order valence-electron chi connectivity index (χ4n) is 4.57. The van der Waals surface area contributed by atoms with Crippen molar-refractivity contribution in [2.75, 3.05) is 11.1 Å². The molecule has 13 heteroatoms. The molecule has 216 valence electrons. The average molecular weight is 588 g/mol. The smallest absolute Gasteiger partial charge is 0.322 e. The first-order valence-electron chi connectivity index (χ1n) is 12.5. The molecule has 0 saturated carbocycles. The van der Waals surface area contributed by atoms with Crippen LogP contribution in [0.4, 0.5) is 29.1 Å². The van der Waals surface area contributed by atoms with Crippen molar-refractivity contribution in [2.45, 2.75) is 13.3 Å². The number of alkyl halides is 2. The molecule has 0 fully saturated rings. The minimum absolute atomic E-state index is 0.00884. The summed E-state index contributed by atoms with van der Waals surface area (Å²) in [6.45, 7) is 5.07. The number of aryl methyl sites for hydroxylation is 1. The molecule has 0 saturated heterocycles. The highest BCUT2D eigenvalue weighted by Crippen LogP contribution is 2.45. The Morgan fingerprint density at radius 2 is 1.91 bits per heavy atom. The summed E-state index contributed by atoms with van der Waals surface area (Å²) in [6.07, 6.45) is -0.537. The molecule has 43 heavy (non-hydrogen) atoms. The van der Waals surface area contributed by atoms with Gasteiger partial charge in [0.25, 0.3) is 12.3 Å². The van der Waals surface area contributed by atoms with Gasteiger partial charge in [-0.2, -0.15) is 10.2 Å². The van der Waals surface area contributed by atoms with Gasteiger partial charge < -0.3 is 20.4 Å². The van der Waals surface area contributed by atoms with Crippen LogP contribution >= 0.6 is 0 Å². The molecule has 1 amide bonds. The van der Waals surface area contributed by atoms with Crippen molar-refractivity contribution >= 4 is 28.3 Å². The van der Waals surface area contributed by atoms with Crippen LogP contribution in [0.2, 0.25) is 0 Å². The normalized spacial score (nSPS) is 11.0. The first-order chi connectivity index (χ1) is 20.5. The zero-order chi connectivity index (χ0) is 31.0. The highest BCUT2D eigenvalue weighted by Gasteiger charge is 2.26. The molecule has 5 rings (SSSR count). The molecule has 0 radical (unpaired) electrons. The van der Waals surface area contributed by atoms with Crippen LogP contribution in [0.25, 0.3) is 33.3 Å². The van der Waals surface area contributed by atoms with Crippen molar-refractivity contribution in [2.24, 2.45) is 7.05 Å². The second kappa shape index (κ2) is 11.2. The highest BCUT2D eigenvalue weighted by molar-refractivity contribution is 6.11. The van der Waals surface area contributed by atoms with Gasteiger partial charge >= 0.3 is 6.01 Å². The molecule has 3 heterocycles. The van der Waals surface area contributed by atoms with Crippen molar-refractivity contribution in [1.29, 1.82) is 5.26 Å². The number of rotatable bonds is 7. The zero-order valence-corrected chi connectivity index (χ0v) is 22.6. The van der Waals surface area contributed by atoms with Gasteiger partial charge in [0.2, 0.25) is 0 Å². The maximum absolute atomic E-state index is 15.7. The van der Waals surface area contributed by atoms with E-state index in [9.17, 15) is 18.8 Å². The Hall–Kier alpha value is -5.77. The first kappa shape index (κ1) is 28.7. The van der Waals surface area contributed by atoms with Crippen molar-refractivity contribution in [3.05, 3.63) is 89.9 Å². The van der Waals surface area contributed by atoms with Crippen LogP contribution in [-0.4, -0.2) is 25.4 Å². The lowest BCUT2D eigenvalue weighted by atomic mass is 9.97. The number of halogens is 4.